The zero-order valence-electron chi connectivity index (χ0n) is 14.3. The number of likely N-dealkylation sites (tertiary alicyclic amines) is 1. The second-order valence-electron chi connectivity index (χ2n) is 8.22. The number of carboxylic acid groups (broad SMARTS) is 1. The summed E-state index contributed by atoms with van der Waals surface area (Å²) < 4.78 is 0. The molecule has 0 spiro atoms. The Morgan fingerprint density at radius 2 is 1.64 bits per heavy atom. The van der Waals surface area contributed by atoms with Crippen molar-refractivity contribution in [2.24, 2.45) is 23.2 Å². The molecule has 3 atom stereocenters. The van der Waals surface area contributed by atoms with Gasteiger partial charge in [0.1, 0.15) is 0 Å². The van der Waals surface area contributed by atoms with E-state index in [4.69, 9.17) is 0 Å². The van der Waals surface area contributed by atoms with Crippen LogP contribution in [-0.4, -0.2) is 35.0 Å². The van der Waals surface area contributed by atoms with Gasteiger partial charge in [0.15, 0.2) is 0 Å². The monoisotopic (exact) mass is 309 g/mol. The summed E-state index contributed by atoms with van der Waals surface area (Å²) in [5, 5.41) is 9.19. The molecule has 0 radical (unpaired) electrons. The van der Waals surface area contributed by atoms with E-state index in [9.17, 15) is 14.7 Å². The summed E-state index contributed by atoms with van der Waals surface area (Å²) in [5.41, 5.74) is 0.304. The van der Waals surface area contributed by atoms with Crippen LogP contribution in [0.3, 0.4) is 0 Å². The fourth-order valence-corrected chi connectivity index (χ4v) is 4.08. The lowest BCUT2D eigenvalue weighted by Crippen LogP contribution is -2.39. The summed E-state index contributed by atoms with van der Waals surface area (Å²) in [5.74, 6) is -0.247. The predicted molar refractivity (Wildman–Crippen MR) is 86.5 cm³/mol. The third kappa shape index (κ3) is 4.23. The van der Waals surface area contributed by atoms with Gasteiger partial charge in [-0.3, -0.25) is 9.59 Å². The first-order valence-electron chi connectivity index (χ1n) is 8.80. The molecule has 4 heteroatoms. The van der Waals surface area contributed by atoms with Crippen molar-refractivity contribution in [1.29, 1.82) is 0 Å². The molecule has 1 saturated carbocycles. The van der Waals surface area contributed by atoms with Crippen LogP contribution < -0.4 is 0 Å². The van der Waals surface area contributed by atoms with Crippen LogP contribution in [0.15, 0.2) is 0 Å². The minimum absolute atomic E-state index is 0.0685. The smallest absolute Gasteiger partial charge is 0.306 e. The van der Waals surface area contributed by atoms with E-state index in [1.165, 1.54) is 6.42 Å². The maximum atomic E-state index is 12.8. The van der Waals surface area contributed by atoms with E-state index in [0.717, 1.165) is 45.2 Å². The average molecular weight is 309 g/mol. The summed E-state index contributed by atoms with van der Waals surface area (Å²) in [4.78, 5) is 26.0. The zero-order chi connectivity index (χ0) is 16.3. The van der Waals surface area contributed by atoms with Crippen molar-refractivity contribution < 1.29 is 14.7 Å². The number of rotatable bonds is 2. The number of nitrogens with zero attached hydrogens (tertiary/aromatic N) is 1. The molecule has 2 rings (SSSR count). The summed E-state index contributed by atoms with van der Waals surface area (Å²) in [7, 11) is 0. The molecule has 1 saturated heterocycles. The van der Waals surface area contributed by atoms with Crippen LogP contribution in [0.1, 0.15) is 65.7 Å². The van der Waals surface area contributed by atoms with Crippen molar-refractivity contribution in [3.8, 4) is 0 Å². The van der Waals surface area contributed by atoms with E-state index in [1.54, 1.807) is 0 Å². The number of aliphatic carboxylic acids is 1. The fourth-order valence-electron chi connectivity index (χ4n) is 4.08. The first-order chi connectivity index (χ1) is 10.3. The summed E-state index contributed by atoms with van der Waals surface area (Å²) in [6.07, 6.45) is 6.33. The van der Waals surface area contributed by atoms with Crippen LogP contribution in [-0.2, 0) is 9.59 Å². The number of carboxylic acids is 1. The van der Waals surface area contributed by atoms with Gasteiger partial charge in [0, 0.05) is 19.0 Å². The molecule has 1 aliphatic heterocycles. The highest BCUT2D eigenvalue weighted by molar-refractivity contribution is 5.80. The molecule has 1 heterocycles. The molecule has 3 unspecified atom stereocenters. The topological polar surface area (TPSA) is 57.6 Å². The Hall–Kier alpha value is -1.06. The highest BCUT2D eigenvalue weighted by atomic mass is 16.4. The van der Waals surface area contributed by atoms with Gasteiger partial charge in [-0.2, -0.15) is 0 Å². The number of carbonyl (C=O) groups is 2. The molecule has 4 nitrogen and oxygen atoms in total. The lowest BCUT2D eigenvalue weighted by atomic mass is 9.77. The average Bonchev–Trinajstić information content (AvgIpc) is 2.72. The third-order valence-corrected chi connectivity index (χ3v) is 5.64. The Bertz CT molecular complexity index is 413. The molecular formula is C18H31NO3. The van der Waals surface area contributed by atoms with Crippen LogP contribution in [0.5, 0.6) is 0 Å². The molecule has 0 aromatic carbocycles. The fraction of sp³-hybridized carbons (Fsp3) is 0.889. The van der Waals surface area contributed by atoms with Gasteiger partial charge < -0.3 is 10.0 Å². The minimum atomic E-state index is -0.735. The Balaban J connectivity index is 1.93. The summed E-state index contributed by atoms with van der Waals surface area (Å²) in [6, 6.07) is 0. The Labute approximate surface area is 134 Å². The normalized spacial score (nSPS) is 30.7. The van der Waals surface area contributed by atoms with Gasteiger partial charge in [-0.25, -0.2) is 0 Å². The second-order valence-corrected chi connectivity index (χ2v) is 8.22. The molecule has 2 fully saturated rings. The van der Waals surface area contributed by atoms with Gasteiger partial charge in [-0.1, -0.05) is 27.2 Å². The maximum Gasteiger partial charge on any atom is 0.306 e. The van der Waals surface area contributed by atoms with Crippen molar-refractivity contribution in [2.75, 3.05) is 13.1 Å². The Kier molecular flexibility index (Phi) is 5.51. The summed E-state index contributed by atoms with van der Waals surface area (Å²) in [6.45, 7) is 8.55. The van der Waals surface area contributed by atoms with Gasteiger partial charge in [0.2, 0.25) is 5.91 Å². The SMILES string of the molecule is CC(C)(C)C1CCCN(C(=O)C2CCCC(C(=O)O)C2)CC1. The van der Waals surface area contributed by atoms with Crippen LogP contribution in [0, 0.1) is 23.2 Å². The first kappa shape index (κ1) is 17.3. The lowest BCUT2D eigenvalue weighted by molar-refractivity contribution is -0.145. The molecule has 1 N–H and O–H groups in total. The zero-order valence-corrected chi connectivity index (χ0v) is 14.3. The molecule has 1 aliphatic carbocycles. The van der Waals surface area contributed by atoms with Crippen molar-refractivity contribution in [3.05, 3.63) is 0 Å². The van der Waals surface area contributed by atoms with Gasteiger partial charge in [-0.05, 0) is 49.9 Å². The molecule has 22 heavy (non-hydrogen) atoms. The second kappa shape index (κ2) is 7.01. The summed E-state index contributed by atoms with van der Waals surface area (Å²) >= 11 is 0. The van der Waals surface area contributed by atoms with Gasteiger partial charge in [-0.15, -0.1) is 0 Å². The van der Waals surface area contributed by atoms with Crippen LogP contribution in [0.4, 0.5) is 0 Å². The van der Waals surface area contributed by atoms with Gasteiger partial charge in [0.25, 0.3) is 0 Å². The van der Waals surface area contributed by atoms with E-state index in [1.807, 2.05) is 4.90 Å². The van der Waals surface area contributed by atoms with Crippen LogP contribution in [0.2, 0.25) is 0 Å². The molecule has 0 bridgehead atoms. The van der Waals surface area contributed by atoms with E-state index in [2.05, 4.69) is 20.8 Å². The van der Waals surface area contributed by atoms with E-state index in [0.29, 0.717) is 17.8 Å². The number of hydrogen-bond donors (Lipinski definition) is 1. The highest BCUT2D eigenvalue weighted by Gasteiger charge is 2.35. The number of amides is 1. The Morgan fingerprint density at radius 1 is 0.955 bits per heavy atom. The van der Waals surface area contributed by atoms with Crippen LogP contribution >= 0.6 is 0 Å². The quantitative estimate of drug-likeness (QED) is 0.848. The molecule has 0 aromatic rings. The predicted octanol–water partition coefficient (Wildman–Crippen LogP) is 3.55. The largest absolute Gasteiger partial charge is 0.481 e. The molecule has 126 valence electrons. The van der Waals surface area contributed by atoms with Crippen LogP contribution in [0.25, 0.3) is 0 Å². The first-order valence-corrected chi connectivity index (χ1v) is 8.80. The molecule has 2 aliphatic rings. The van der Waals surface area contributed by atoms with Crippen molar-refractivity contribution in [3.63, 3.8) is 0 Å². The van der Waals surface area contributed by atoms with Crippen molar-refractivity contribution in [1.82, 2.24) is 4.90 Å². The molecule has 1 amide bonds. The van der Waals surface area contributed by atoms with Gasteiger partial charge in [0.05, 0.1) is 5.92 Å². The van der Waals surface area contributed by atoms with Crippen molar-refractivity contribution in [2.45, 2.75) is 65.7 Å². The lowest BCUT2D eigenvalue weighted by Gasteiger charge is -2.32. The van der Waals surface area contributed by atoms with Gasteiger partial charge >= 0.3 is 5.97 Å². The van der Waals surface area contributed by atoms with E-state index in [-0.39, 0.29) is 17.7 Å². The minimum Gasteiger partial charge on any atom is -0.481 e. The third-order valence-electron chi connectivity index (χ3n) is 5.64. The Morgan fingerprint density at radius 3 is 2.27 bits per heavy atom. The highest BCUT2D eigenvalue weighted by Crippen LogP contribution is 2.36. The molecular weight excluding hydrogens is 278 g/mol. The van der Waals surface area contributed by atoms with Crippen molar-refractivity contribution >= 4 is 11.9 Å². The number of carbonyl (C=O) groups excluding carboxylic acids is 1. The molecule has 0 aromatic heterocycles. The number of hydrogen-bond acceptors (Lipinski definition) is 2. The standard InChI is InChI=1S/C18H31NO3/c1-18(2,3)15-8-5-10-19(11-9-15)16(20)13-6-4-7-14(12-13)17(21)22/h13-15H,4-12H2,1-3H3,(H,21,22). The van der Waals surface area contributed by atoms with E-state index >= 15 is 0 Å². The van der Waals surface area contributed by atoms with E-state index < -0.39 is 5.97 Å². The maximum absolute atomic E-state index is 12.8.